The Hall–Kier alpha value is -2.17. The third kappa shape index (κ3) is 2.87. The van der Waals surface area contributed by atoms with Crippen molar-refractivity contribution in [3.05, 3.63) is 35.7 Å². The number of rotatable bonds is 3. The highest BCUT2D eigenvalue weighted by atomic mass is 19.1. The summed E-state index contributed by atoms with van der Waals surface area (Å²) >= 11 is 0. The predicted octanol–water partition coefficient (Wildman–Crippen LogP) is 2.05. The zero-order valence-electron chi connectivity index (χ0n) is 11.6. The maximum Gasteiger partial charge on any atom is 0.223 e. The first-order chi connectivity index (χ1) is 9.52. The summed E-state index contributed by atoms with van der Waals surface area (Å²) < 4.78 is 14.2. The summed E-state index contributed by atoms with van der Waals surface area (Å²) in [6.45, 7) is 2.54. The highest BCUT2D eigenvalue weighted by Crippen LogP contribution is 2.27. The fraction of sp³-hybridized carbons (Fsp3) is 0.333. The number of hydrogen-bond donors (Lipinski definition) is 0. The van der Waals surface area contributed by atoms with Crippen molar-refractivity contribution in [2.75, 3.05) is 25.0 Å². The molecule has 0 radical (unpaired) electrons. The third-order valence-electron chi connectivity index (χ3n) is 3.55. The standard InChI is InChI=1S/C15H17FN2O2/c1-11(20)17(2)13-3-4-14(15(16)9-13)12-5-7-18(10-19)8-6-12/h3-5,9-10H,6-8H2,1-2H3. The summed E-state index contributed by atoms with van der Waals surface area (Å²) in [6.07, 6.45) is 3.30. The fourth-order valence-electron chi connectivity index (χ4n) is 2.18. The molecule has 1 aliphatic rings. The average molecular weight is 276 g/mol. The van der Waals surface area contributed by atoms with Crippen LogP contribution in [0.4, 0.5) is 10.1 Å². The lowest BCUT2D eigenvalue weighted by Gasteiger charge is -2.23. The molecule has 1 heterocycles. The first kappa shape index (κ1) is 14.2. The zero-order chi connectivity index (χ0) is 14.7. The van der Waals surface area contributed by atoms with Gasteiger partial charge in [0, 0.05) is 38.3 Å². The van der Waals surface area contributed by atoms with Gasteiger partial charge in [0.2, 0.25) is 12.3 Å². The summed E-state index contributed by atoms with van der Waals surface area (Å²) in [5.41, 5.74) is 1.97. The molecule has 0 unspecified atom stereocenters. The fourth-order valence-corrected chi connectivity index (χ4v) is 2.18. The quantitative estimate of drug-likeness (QED) is 0.793. The first-order valence-corrected chi connectivity index (χ1v) is 6.45. The van der Waals surface area contributed by atoms with Crippen LogP contribution in [0.25, 0.3) is 5.57 Å². The molecule has 0 saturated heterocycles. The minimum atomic E-state index is -0.346. The van der Waals surface area contributed by atoms with Crippen molar-refractivity contribution in [3.63, 3.8) is 0 Å². The van der Waals surface area contributed by atoms with E-state index in [0.717, 1.165) is 12.0 Å². The van der Waals surface area contributed by atoms with Crippen molar-refractivity contribution in [1.29, 1.82) is 0 Å². The molecular formula is C15H17FN2O2. The Labute approximate surface area is 117 Å². The molecule has 5 heteroatoms. The molecule has 0 aromatic heterocycles. The van der Waals surface area contributed by atoms with E-state index in [-0.39, 0.29) is 11.7 Å². The summed E-state index contributed by atoms with van der Waals surface area (Å²) in [6, 6.07) is 4.78. The van der Waals surface area contributed by atoms with Gasteiger partial charge in [0.15, 0.2) is 0 Å². The monoisotopic (exact) mass is 276 g/mol. The van der Waals surface area contributed by atoms with Crippen LogP contribution in [0, 0.1) is 5.82 Å². The van der Waals surface area contributed by atoms with Gasteiger partial charge >= 0.3 is 0 Å². The van der Waals surface area contributed by atoms with Crippen molar-refractivity contribution in [3.8, 4) is 0 Å². The lowest BCUT2D eigenvalue weighted by Crippen LogP contribution is -2.27. The van der Waals surface area contributed by atoms with Crippen LogP contribution in [0.5, 0.6) is 0 Å². The van der Waals surface area contributed by atoms with E-state index >= 15 is 0 Å². The molecule has 0 bridgehead atoms. The molecule has 106 valence electrons. The van der Waals surface area contributed by atoms with Crippen LogP contribution in [0.15, 0.2) is 24.3 Å². The second-order valence-corrected chi connectivity index (χ2v) is 4.82. The molecule has 20 heavy (non-hydrogen) atoms. The van der Waals surface area contributed by atoms with E-state index in [0.29, 0.717) is 30.8 Å². The summed E-state index contributed by atoms with van der Waals surface area (Å²) in [7, 11) is 1.61. The minimum Gasteiger partial charge on any atom is -0.341 e. The summed E-state index contributed by atoms with van der Waals surface area (Å²) in [5, 5.41) is 0. The Balaban J connectivity index is 2.25. The van der Waals surface area contributed by atoms with Gasteiger partial charge in [-0.2, -0.15) is 0 Å². The molecule has 0 spiro atoms. The van der Waals surface area contributed by atoms with Gasteiger partial charge in [0.1, 0.15) is 5.82 Å². The molecule has 4 nitrogen and oxygen atoms in total. The molecule has 0 N–H and O–H groups in total. The number of carbonyl (C=O) groups excluding carboxylic acids is 2. The van der Waals surface area contributed by atoms with E-state index < -0.39 is 0 Å². The van der Waals surface area contributed by atoms with Gasteiger partial charge in [0.25, 0.3) is 0 Å². The third-order valence-corrected chi connectivity index (χ3v) is 3.55. The number of halogens is 1. The van der Waals surface area contributed by atoms with Crippen molar-refractivity contribution >= 4 is 23.6 Å². The van der Waals surface area contributed by atoms with Crippen molar-refractivity contribution in [2.24, 2.45) is 0 Å². The second kappa shape index (κ2) is 5.86. The van der Waals surface area contributed by atoms with Crippen LogP contribution in [0.1, 0.15) is 18.9 Å². The first-order valence-electron chi connectivity index (χ1n) is 6.45. The molecule has 0 aliphatic carbocycles. The van der Waals surface area contributed by atoms with E-state index in [4.69, 9.17) is 0 Å². The van der Waals surface area contributed by atoms with Gasteiger partial charge in [-0.05, 0) is 30.2 Å². The van der Waals surface area contributed by atoms with Gasteiger partial charge in [0.05, 0.1) is 0 Å². The Morgan fingerprint density at radius 3 is 2.70 bits per heavy atom. The highest BCUT2D eigenvalue weighted by Gasteiger charge is 2.15. The zero-order valence-corrected chi connectivity index (χ0v) is 11.6. The predicted molar refractivity (Wildman–Crippen MR) is 75.7 cm³/mol. The van der Waals surface area contributed by atoms with Gasteiger partial charge in [-0.25, -0.2) is 4.39 Å². The summed E-state index contributed by atoms with van der Waals surface area (Å²) in [4.78, 5) is 24.9. The van der Waals surface area contributed by atoms with E-state index in [1.165, 1.54) is 17.9 Å². The van der Waals surface area contributed by atoms with Crippen molar-refractivity contribution < 1.29 is 14.0 Å². The molecular weight excluding hydrogens is 259 g/mol. The highest BCUT2D eigenvalue weighted by molar-refractivity contribution is 5.91. The molecule has 1 aromatic rings. The molecule has 2 rings (SSSR count). The van der Waals surface area contributed by atoms with Crippen LogP contribution in [-0.2, 0) is 9.59 Å². The molecule has 2 amide bonds. The lowest BCUT2D eigenvalue weighted by atomic mass is 9.98. The summed E-state index contributed by atoms with van der Waals surface area (Å²) in [5.74, 6) is -0.489. The molecule has 1 aromatic carbocycles. The largest absolute Gasteiger partial charge is 0.341 e. The molecule has 0 saturated carbocycles. The van der Waals surface area contributed by atoms with Crippen molar-refractivity contribution in [1.82, 2.24) is 4.90 Å². The van der Waals surface area contributed by atoms with Crippen LogP contribution < -0.4 is 4.90 Å². The Morgan fingerprint density at radius 1 is 1.45 bits per heavy atom. The molecule has 0 atom stereocenters. The Kier molecular flexibility index (Phi) is 4.17. The maximum absolute atomic E-state index is 14.2. The normalized spacial score (nSPS) is 14.8. The van der Waals surface area contributed by atoms with Crippen LogP contribution in [0.3, 0.4) is 0 Å². The second-order valence-electron chi connectivity index (χ2n) is 4.82. The average Bonchev–Trinajstić information content (AvgIpc) is 2.46. The van der Waals surface area contributed by atoms with E-state index in [1.54, 1.807) is 24.1 Å². The molecule has 0 fully saturated rings. The van der Waals surface area contributed by atoms with E-state index in [1.807, 2.05) is 6.08 Å². The van der Waals surface area contributed by atoms with E-state index in [9.17, 15) is 14.0 Å². The van der Waals surface area contributed by atoms with Crippen molar-refractivity contribution in [2.45, 2.75) is 13.3 Å². The van der Waals surface area contributed by atoms with Crippen LogP contribution in [-0.4, -0.2) is 37.4 Å². The van der Waals surface area contributed by atoms with Gasteiger partial charge in [-0.3, -0.25) is 9.59 Å². The molecule has 1 aliphatic heterocycles. The number of hydrogen-bond acceptors (Lipinski definition) is 2. The van der Waals surface area contributed by atoms with Crippen LogP contribution >= 0.6 is 0 Å². The number of carbonyl (C=O) groups is 2. The maximum atomic E-state index is 14.2. The number of benzene rings is 1. The Morgan fingerprint density at radius 2 is 2.20 bits per heavy atom. The van der Waals surface area contributed by atoms with Crippen LogP contribution in [0.2, 0.25) is 0 Å². The topological polar surface area (TPSA) is 40.6 Å². The van der Waals surface area contributed by atoms with Gasteiger partial charge < -0.3 is 9.80 Å². The van der Waals surface area contributed by atoms with Gasteiger partial charge in [-0.1, -0.05) is 6.08 Å². The number of nitrogens with zero attached hydrogens (tertiary/aromatic N) is 2. The number of anilines is 1. The SMILES string of the molecule is CC(=O)N(C)c1ccc(C2=CCN(C=O)CC2)c(F)c1. The lowest BCUT2D eigenvalue weighted by molar-refractivity contribution is -0.118. The van der Waals surface area contributed by atoms with E-state index in [2.05, 4.69) is 0 Å². The smallest absolute Gasteiger partial charge is 0.223 e. The van der Waals surface area contributed by atoms with Gasteiger partial charge in [-0.15, -0.1) is 0 Å². The number of amides is 2. The minimum absolute atomic E-state index is 0.143. The Bertz CT molecular complexity index is 569.